The zero-order chi connectivity index (χ0) is 26.3. The Balaban J connectivity index is 0.938. The fourth-order valence-electron chi connectivity index (χ4n) is 5.40. The Morgan fingerprint density at radius 2 is 1.72 bits per heavy atom. The van der Waals surface area contributed by atoms with Crippen LogP contribution in [-0.4, -0.2) is 47.1 Å². The summed E-state index contributed by atoms with van der Waals surface area (Å²) >= 11 is 1.72. The van der Waals surface area contributed by atoms with E-state index >= 15 is 0 Å². The molecule has 6 heteroatoms. The molecule has 198 valence electrons. The second-order valence-corrected chi connectivity index (χ2v) is 11.2. The predicted octanol–water partition coefficient (Wildman–Crippen LogP) is 7.12. The molecule has 1 aromatic heterocycles. The molecule has 3 aromatic carbocycles. The number of nitrogens with zero attached hydrogens (tertiary/aromatic N) is 3. The molecule has 0 saturated carbocycles. The molecule has 0 bridgehead atoms. The Labute approximate surface area is 234 Å². The van der Waals surface area contributed by atoms with Crippen molar-refractivity contribution in [1.82, 2.24) is 15.1 Å². The lowest BCUT2D eigenvalue weighted by Crippen LogP contribution is -2.41. The predicted molar refractivity (Wildman–Crippen MR) is 160 cm³/mol. The first kappa shape index (κ1) is 25.7. The molecule has 1 aliphatic heterocycles. The van der Waals surface area contributed by atoms with Crippen LogP contribution in [0.1, 0.15) is 35.4 Å². The zero-order valence-electron chi connectivity index (χ0n) is 22.0. The van der Waals surface area contributed by atoms with Crippen molar-refractivity contribution in [1.29, 1.82) is 0 Å². The summed E-state index contributed by atoms with van der Waals surface area (Å²) in [6.07, 6.45) is 11.6. The van der Waals surface area contributed by atoms with Crippen molar-refractivity contribution in [2.45, 2.75) is 24.0 Å². The summed E-state index contributed by atoms with van der Waals surface area (Å²) in [7, 11) is 0. The molecule has 2 aliphatic rings. The summed E-state index contributed by atoms with van der Waals surface area (Å²) < 4.78 is 11.6. The van der Waals surface area contributed by atoms with Crippen molar-refractivity contribution < 1.29 is 9.15 Å². The average Bonchev–Trinajstić information content (AvgIpc) is 3.61. The molecule has 39 heavy (non-hydrogen) atoms. The van der Waals surface area contributed by atoms with E-state index in [0.717, 1.165) is 36.7 Å². The van der Waals surface area contributed by atoms with Gasteiger partial charge >= 0.3 is 0 Å². The van der Waals surface area contributed by atoms with Crippen LogP contribution < -0.4 is 4.74 Å². The third-order valence-corrected chi connectivity index (χ3v) is 8.50. The second kappa shape index (κ2) is 12.1. The molecule has 1 spiro atoms. The molecule has 0 radical (unpaired) electrons. The van der Waals surface area contributed by atoms with Crippen LogP contribution in [0.25, 0.3) is 23.6 Å². The van der Waals surface area contributed by atoms with Crippen LogP contribution in [-0.2, 0) is 11.2 Å². The second-order valence-electron chi connectivity index (χ2n) is 10.1. The van der Waals surface area contributed by atoms with Gasteiger partial charge in [-0.1, -0.05) is 78.9 Å². The zero-order valence-corrected chi connectivity index (χ0v) is 22.9. The lowest BCUT2D eigenvalue weighted by Gasteiger charge is -2.39. The molecule has 0 amide bonds. The van der Waals surface area contributed by atoms with Crippen molar-refractivity contribution >= 4 is 23.9 Å². The molecular weight excluding hydrogens is 502 g/mol. The van der Waals surface area contributed by atoms with Crippen molar-refractivity contribution in [3.63, 3.8) is 0 Å². The van der Waals surface area contributed by atoms with Gasteiger partial charge in [0.2, 0.25) is 11.8 Å². The highest BCUT2D eigenvalue weighted by Gasteiger charge is 2.37. The highest BCUT2D eigenvalue weighted by atomic mass is 32.2. The number of allylic oxidation sites excluding steroid dienone is 1. The van der Waals surface area contributed by atoms with Crippen molar-refractivity contribution in [3.8, 4) is 17.2 Å². The van der Waals surface area contributed by atoms with Crippen LogP contribution >= 0.6 is 11.8 Å². The van der Waals surface area contributed by atoms with E-state index in [1.54, 1.807) is 11.8 Å². The van der Waals surface area contributed by atoms with Crippen molar-refractivity contribution in [2.75, 3.05) is 32.0 Å². The molecule has 1 aliphatic carbocycles. The van der Waals surface area contributed by atoms with E-state index in [1.165, 1.54) is 29.5 Å². The lowest BCUT2D eigenvalue weighted by atomic mass is 9.74. The average molecular weight is 536 g/mol. The van der Waals surface area contributed by atoms with Gasteiger partial charge in [0.25, 0.3) is 0 Å². The molecule has 0 atom stereocenters. The number of fused-ring (bicyclic) bond motifs is 2. The van der Waals surface area contributed by atoms with Gasteiger partial charge in [0.1, 0.15) is 5.75 Å². The summed E-state index contributed by atoms with van der Waals surface area (Å²) in [6, 6.07) is 27.0. The molecule has 5 nitrogen and oxygen atoms in total. The van der Waals surface area contributed by atoms with Gasteiger partial charge in [0.15, 0.2) is 0 Å². The number of thioether (sulfide) groups is 1. The van der Waals surface area contributed by atoms with E-state index in [-0.39, 0.29) is 5.41 Å². The van der Waals surface area contributed by atoms with Crippen LogP contribution in [0.4, 0.5) is 0 Å². The minimum Gasteiger partial charge on any atom is -0.493 e. The van der Waals surface area contributed by atoms with Crippen molar-refractivity contribution in [3.05, 3.63) is 114 Å². The Hall–Kier alpha value is -3.61. The number of likely N-dealkylation sites (tertiary alicyclic amines) is 1. The van der Waals surface area contributed by atoms with Crippen molar-refractivity contribution in [2.24, 2.45) is 0 Å². The summed E-state index contributed by atoms with van der Waals surface area (Å²) in [5.41, 5.74) is 5.27. The number of piperidine rings is 1. The summed E-state index contributed by atoms with van der Waals surface area (Å²) in [5, 5.41) is 8.45. The minimum absolute atomic E-state index is 0.247. The van der Waals surface area contributed by atoms with Gasteiger partial charge in [-0.3, -0.25) is 4.90 Å². The largest absolute Gasteiger partial charge is 0.493 e. The molecule has 0 unspecified atom stereocenters. The normalized spacial score (nSPS) is 16.2. The van der Waals surface area contributed by atoms with Gasteiger partial charge in [-0.15, -0.1) is 22.0 Å². The molecular formula is C33H33N3O2S. The molecule has 2 heterocycles. The standard InChI is InChI=1S/C33H33N3O2S/c1-2-9-29(10-3-1)37-23-24-39-25-31-34-35-32(38-31)28-14-12-26(13-15-28)7-6-20-36-21-18-33(19-22-36)17-16-27-8-4-5-11-30(27)33/h1-17H,18-25H2. The third kappa shape index (κ3) is 6.18. The smallest absolute Gasteiger partial charge is 0.247 e. The first-order valence-electron chi connectivity index (χ1n) is 13.6. The fraction of sp³-hybridized carbons (Fsp3) is 0.273. The lowest BCUT2D eigenvalue weighted by molar-refractivity contribution is 0.201. The minimum atomic E-state index is 0.247. The number of benzene rings is 3. The van der Waals surface area contributed by atoms with E-state index in [1.807, 2.05) is 42.5 Å². The highest BCUT2D eigenvalue weighted by molar-refractivity contribution is 7.98. The van der Waals surface area contributed by atoms with E-state index in [0.29, 0.717) is 24.1 Å². The first-order chi connectivity index (χ1) is 19.3. The first-order valence-corrected chi connectivity index (χ1v) is 14.8. The van der Waals surface area contributed by atoms with E-state index < -0.39 is 0 Å². The fourth-order valence-corrected chi connectivity index (χ4v) is 6.04. The van der Waals surface area contributed by atoms with Gasteiger partial charge in [-0.05, 0) is 66.9 Å². The molecule has 4 aromatic rings. The summed E-state index contributed by atoms with van der Waals surface area (Å²) in [4.78, 5) is 2.55. The van der Waals surface area contributed by atoms with Gasteiger partial charge in [0.05, 0.1) is 12.4 Å². The Morgan fingerprint density at radius 3 is 2.56 bits per heavy atom. The monoisotopic (exact) mass is 535 g/mol. The molecule has 1 fully saturated rings. The summed E-state index contributed by atoms with van der Waals surface area (Å²) in [6.45, 7) is 3.87. The number of rotatable bonds is 10. The molecule has 6 rings (SSSR count). The van der Waals surface area contributed by atoms with Crippen LogP contribution in [0.5, 0.6) is 5.75 Å². The van der Waals surface area contributed by atoms with Crippen LogP contribution in [0.15, 0.2) is 95.4 Å². The summed E-state index contributed by atoms with van der Waals surface area (Å²) in [5.74, 6) is 3.62. The SMILES string of the molecule is C(=Cc1ccc(-c2nnc(CSCCOc3ccccc3)o2)cc1)CN1CCC2(C=Cc3ccccc32)CC1. The van der Waals surface area contributed by atoms with E-state index in [2.05, 4.69) is 75.8 Å². The Bertz CT molecular complexity index is 1420. The Kier molecular flexibility index (Phi) is 7.93. The molecule has 1 saturated heterocycles. The number of ether oxygens (including phenoxy) is 1. The quantitative estimate of drug-likeness (QED) is 0.202. The van der Waals surface area contributed by atoms with Gasteiger partial charge in [-0.2, -0.15) is 0 Å². The van der Waals surface area contributed by atoms with Gasteiger partial charge in [0, 0.05) is 23.3 Å². The number of aromatic nitrogens is 2. The highest BCUT2D eigenvalue weighted by Crippen LogP contribution is 2.43. The number of para-hydroxylation sites is 1. The van der Waals surface area contributed by atoms with Gasteiger partial charge < -0.3 is 9.15 Å². The number of hydrogen-bond acceptors (Lipinski definition) is 6. The molecule has 0 N–H and O–H groups in total. The maximum atomic E-state index is 5.88. The topological polar surface area (TPSA) is 51.4 Å². The van der Waals surface area contributed by atoms with Gasteiger partial charge in [-0.25, -0.2) is 0 Å². The van der Waals surface area contributed by atoms with E-state index in [4.69, 9.17) is 9.15 Å². The number of hydrogen-bond donors (Lipinski definition) is 0. The maximum Gasteiger partial charge on any atom is 0.247 e. The van der Waals surface area contributed by atoms with Crippen LogP contribution in [0, 0.1) is 0 Å². The maximum absolute atomic E-state index is 5.88. The van der Waals surface area contributed by atoms with E-state index in [9.17, 15) is 0 Å². The van der Waals surface area contributed by atoms with Crippen LogP contribution in [0.2, 0.25) is 0 Å². The third-order valence-electron chi connectivity index (χ3n) is 7.59. The van der Waals surface area contributed by atoms with Crippen LogP contribution in [0.3, 0.4) is 0 Å². The Morgan fingerprint density at radius 1 is 0.923 bits per heavy atom.